The molecule has 1 heterocycles. The maximum atomic E-state index is 12.1. The number of carbonyl (C=O) groups is 2. The van der Waals surface area contributed by atoms with E-state index in [0.29, 0.717) is 5.69 Å². The Bertz CT molecular complexity index is 489. The van der Waals surface area contributed by atoms with Crippen molar-refractivity contribution in [2.45, 2.75) is 39.5 Å². The van der Waals surface area contributed by atoms with Crippen molar-refractivity contribution in [3.05, 3.63) is 24.3 Å². The molecule has 0 radical (unpaired) electrons. The van der Waals surface area contributed by atoms with Gasteiger partial charge in [-0.2, -0.15) is 0 Å². The van der Waals surface area contributed by atoms with E-state index in [1.807, 2.05) is 36.9 Å². The topological polar surface area (TPSA) is 61.4 Å². The number of anilines is 2. The van der Waals surface area contributed by atoms with E-state index in [2.05, 4.69) is 10.6 Å². The molecule has 5 heteroatoms. The Hall–Kier alpha value is -2.04. The first-order chi connectivity index (χ1) is 10.6. The van der Waals surface area contributed by atoms with Crippen molar-refractivity contribution in [1.82, 2.24) is 4.90 Å². The molecule has 0 saturated carbocycles. The van der Waals surface area contributed by atoms with E-state index >= 15 is 0 Å². The first-order valence-electron chi connectivity index (χ1n) is 8.11. The predicted molar refractivity (Wildman–Crippen MR) is 89.0 cm³/mol. The second kappa shape index (κ2) is 7.82. The van der Waals surface area contributed by atoms with Crippen LogP contribution < -0.4 is 10.6 Å². The summed E-state index contributed by atoms with van der Waals surface area (Å²) in [5, 5.41) is 5.81. The molecule has 0 bridgehead atoms. The number of benzene rings is 1. The van der Waals surface area contributed by atoms with Gasteiger partial charge in [0.15, 0.2) is 0 Å². The van der Waals surface area contributed by atoms with Crippen LogP contribution in [0.3, 0.4) is 0 Å². The van der Waals surface area contributed by atoms with Gasteiger partial charge in [-0.15, -0.1) is 0 Å². The first-order valence-corrected chi connectivity index (χ1v) is 8.11. The SMILES string of the molecule is CCC(CC)C(=O)Nc1cccc(NC(=O)N2CCCC2)c1. The van der Waals surface area contributed by atoms with Gasteiger partial charge in [0.05, 0.1) is 0 Å². The molecule has 0 atom stereocenters. The number of nitrogens with zero attached hydrogens (tertiary/aromatic N) is 1. The molecule has 120 valence electrons. The average Bonchev–Trinajstić information content (AvgIpc) is 3.03. The molecule has 2 N–H and O–H groups in total. The van der Waals surface area contributed by atoms with Crippen LogP contribution in [-0.2, 0) is 4.79 Å². The zero-order valence-corrected chi connectivity index (χ0v) is 13.4. The molecule has 0 spiro atoms. The Balaban J connectivity index is 1.97. The summed E-state index contributed by atoms with van der Waals surface area (Å²) in [6, 6.07) is 7.24. The molecule has 0 aliphatic carbocycles. The summed E-state index contributed by atoms with van der Waals surface area (Å²) in [4.78, 5) is 26.0. The van der Waals surface area contributed by atoms with Crippen LogP contribution in [0.15, 0.2) is 24.3 Å². The number of hydrogen-bond donors (Lipinski definition) is 2. The van der Waals surface area contributed by atoms with Gasteiger partial charge in [0.2, 0.25) is 5.91 Å². The Morgan fingerprint density at radius 3 is 2.27 bits per heavy atom. The van der Waals surface area contributed by atoms with Crippen molar-refractivity contribution in [3.8, 4) is 0 Å². The lowest BCUT2D eigenvalue weighted by atomic mass is 10.0. The molecule has 0 unspecified atom stereocenters. The van der Waals surface area contributed by atoms with Gasteiger partial charge in [0.25, 0.3) is 0 Å². The third-order valence-corrected chi connectivity index (χ3v) is 4.13. The fourth-order valence-electron chi connectivity index (χ4n) is 2.70. The molecule has 1 aliphatic heterocycles. The number of amides is 3. The van der Waals surface area contributed by atoms with E-state index < -0.39 is 0 Å². The molecule has 1 aromatic rings. The summed E-state index contributed by atoms with van der Waals surface area (Å²) in [6.07, 6.45) is 3.79. The molecule has 5 nitrogen and oxygen atoms in total. The van der Waals surface area contributed by atoms with E-state index in [4.69, 9.17) is 0 Å². The van der Waals surface area contributed by atoms with Crippen molar-refractivity contribution in [1.29, 1.82) is 0 Å². The summed E-state index contributed by atoms with van der Waals surface area (Å²) < 4.78 is 0. The van der Waals surface area contributed by atoms with Gasteiger partial charge in [-0.1, -0.05) is 19.9 Å². The second-order valence-corrected chi connectivity index (χ2v) is 5.71. The van der Waals surface area contributed by atoms with Crippen LogP contribution in [0.1, 0.15) is 39.5 Å². The molecule has 1 fully saturated rings. The van der Waals surface area contributed by atoms with E-state index in [-0.39, 0.29) is 17.9 Å². The van der Waals surface area contributed by atoms with Crippen LogP contribution in [0.25, 0.3) is 0 Å². The fraction of sp³-hybridized carbons (Fsp3) is 0.529. The third kappa shape index (κ3) is 4.23. The van der Waals surface area contributed by atoms with Gasteiger partial charge in [0, 0.05) is 30.4 Å². The maximum absolute atomic E-state index is 12.1. The van der Waals surface area contributed by atoms with Crippen molar-refractivity contribution < 1.29 is 9.59 Å². The first kappa shape index (κ1) is 16.3. The van der Waals surface area contributed by atoms with Crippen LogP contribution in [0.5, 0.6) is 0 Å². The molecule has 3 amide bonds. The summed E-state index contributed by atoms with van der Waals surface area (Å²) in [6.45, 7) is 5.66. The lowest BCUT2D eigenvalue weighted by Crippen LogP contribution is -2.32. The predicted octanol–water partition coefficient (Wildman–Crippen LogP) is 3.69. The number of carbonyl (C=O) groups excluding carboxylic acids is 2. The van der Waals surface area contributed by atoms with Crippen LogP contribution in [0.2, 0.25) is 0 Å². The average molecular weight is 303 g/mol. The molecule has 1 aromatic carbocycles. The minimum atomic E-state index is -0.0685. The van der Waals surface area contributed by atoms with Gasteiger partial charge >= 0.3 is 6.03 Å². The minimum absolute atomic E-state index is 0.0304. The van der Waals surface area contributed by atoms with Gasteiger partial charge in [-0.25, -0.2) is 4.79 Å². The van der Waals surface area contributed by atoms with Crippen molar-refractivity contribution >= 4 is 23.3 Å². The van der Waals surface area contributed by atoms with Gasteiger partial charge in [-0.3, -0.25) is 4.79 Å². The normalized spacial score (nSPS) is 14.2. The zero-order valence-electron chi connectivity index (χ0n) is 13.4. The Labute approximate surface area is 132 Å². The summed E-state index contributed by atoms with van der Waals surface area (Å²) in [5.41, 5.74) is 1.43. The lowest BCUT2D eigenvalue weighted by molar-refractivity contribution is -0.120. The highest BCUT2D eigenvalue weighted by molar-refractivity contribution is 5.94. The highest BCUT2D eigenvalue weighted by Crippen LogP contribution is 2.19. The standard InChI is InChI=1S/C17H25N3O2/c1-3-13(4-2)16(21)18-14-8-7-9-15(12-14)19-17(22)20-10-5-6-11-20/h7-9,12-13H,3-6,10-11H2,1-2H3,(H,18,21)(H,19,22). The maximum Gasteiger partial charge on any atom is 0.321 e. The van der Waals surface area contributed by atoms with E-state index in [9.17, 15) is 9.59 Å². The molecule has 22 heavy (non-hydrogen) atoms. The Morgan fingerprint density at radius 2 is 1.68 bits per heavy atom. The minimum Gasteiger partial charge on any atom is -0.326 e. The molecule has 1 aliphatic rings. The van der Waals surface area contributed by atoms with Gasteiger partial charge < -0.3 is 15.5 Å². The number of likely N-dealkylation sites (tertiary alicyclic amines) is 1. The van der Waals surface area contributed by atoms with Gasteiger partial charge in [0.1, 0.15) is 0 Å². The smallest absolute Gasteiger partial charge is 0.321 e. The monoisotopic (exact) mass is 303 g/mol. The number of nitrogens with one attached hydrogen (secondary N) is 2. The van der Waals surface area contributed by atoms with Crippen molar-refractivity contribution in [3.63, 3.8) is 0 Å². The highest BCUT2D eigenvalue weighted by Gasteiger charge is 2.18. The third-order valence-electron chi connectivity index (χ3n) is 4.13. The molecular formula is C17H25N3O2. The van der Waals surface area contributed by atoms with Crippen LogP contribution in [-0.4, -0.2) is 29.9 Å². The quantitative estimate of drug-likeness (QED) is 0.871. The van der Waals surface area contributed by atoms with Crippen molar-refractivity contribution in [2.24, 2.45) is 5.92 Å². The van der Waals surface area contributed by atoms with Gasteiger partial charge in [-0.05, 0) is 43.9 Å². The summed E-state index contributed by atoms with van der Waals surface area (Å²) >= 11 is 0. The van der Waals surface area contributed by atoms with Crippen LogP contribution in [0.4, 0.5) is 16.2 Å². The highest BCUT2D eigenvalue weighted by atomic mass is 16.2. The number of urea groups is 1. The van der Waals surface area contributed by atoms with E-state index in [0.717, 1.165) is 44.5 Å². The van der Waals surface area contributed by atoms with Crippen molar-refractivity contribution in [2.75, 3.05) is 23.7 Å². The molecular weight excluding hydrogens is 278 g/mol. The number of rotatable bonds is 5. The zero-order chi connectivity index (χ0) is 15.9. The Kier molecular flexibility index (Phi) is 5.81. The lowest BCUT2D eigenvalue weighted by Gasteiger charge is -2.17. The Morgan fingerprint density at radius 1 is 1.09 bits per heavy atom. The molecule has 2 rings (SSSR count). The van der Waals surface area contributed by atoms with Crippen LogP contribution in [0, 0.1) is 5.92 Å². The summed E-state index contributed by atoms with van der Waals surface area (Å²) in [7, 11) is 0. The second-order valence-electron chi connectivity index (χ2n) is 5.71. The summed E-state index contributed by atoms with van der Waals surface area (Å²) in [5.74, 6) is 0.0656. The molecule has 0 aromatic heterocycles. The number of hydrogen-bond acceptors (Lipinski definition) is 2. The largest absolute Gasteiger partial charge is 0.326 e. The van der Waals surface area contributed by atoms with E-state index in [1.54, 1.807) is 6.07 Å². The molecule has 1 saturated heterocycles. The van der Waals surface area contributed by atoms with Crippen LogP contribution >= 0.6 is 0 Å². The fourth-order valence-corrected chi connectivity index (χ4v) is 2.70. The van der Waals surface area contributed by atoms with E-state index in [1.165, 1.54) is 0 Å².